The molecule has 2 N–H and O–H groups in total. The van der Waals surface area contributed by atoms with E-state index in [0.717, 1.165) is 0 Å². The summed E-state index contributed by atoms with van der Waals surface area (Å²) in [5.41, 5.74) is 0. The molecule has 0 saturated heterocycles. The van der Waals surface area contributed by atoms with Crippen LogP contribution >= 0.6 is 0 Å². The standard InChI is InChI=1S/C3H10O2Si/c1-3(4)2-6-5/h3-5H,2,6H2,1H3. The third-order valence-electron chi connectivity index (χ3n) is 0.547. The third kappa shape index (κ3) is 4.14. The van der Waals surface area contributed by atoms with Gasteiger partial charge in [0, 0.05) is 0 Å². The van der Waals surface area contributed by atoms with E-state index in [1.807, 2.05) is 0 Å². The van der Waals surface area contributed by atoms with E-state index >= 15 is 0 Å². The number of rotatable bonds is 2. The average molecular weight is 106 g/mol. The minimum absolute atomic E-state index is 0.290. The van der Waals surface area contributed by atoms with Crippen molar-refractivity contribution in [1.29, 1.82) is 0 Å². The molecule has 0 fully saturated rings. The van der Waals surface area contributed by atoms with E-state index < -0.39 is 9.76 Å². The summed E-state index contributed by atoms with van der Waals surface area (Å²) in [7, 11) is -0.883. The van der Waals surface area contributed by atoms with Gasteiger partial charge in [-0.05, 0) is 13.0 Å². The molecular formula is C3H10O2Si. The quantitative estimate of drug-likeness (QED) is 0.437. The number of hydrogen-bond donors (Lipinski definition) is 2. The highest BCUT2D eigenvalue weighted by molar-refractivity contribution is 6.25. The molecule has 0 aliphatic carbocycles. The first-order chi connectivity index (χ1) is 2.77. The molecule has 2 nitrogen and oxygen atoms in total. The van der Waals surface area contributed by atoms with Crippen LogP contribution in [0.25, 0.3) is 0 Å². The lowest BCUT2D eigenvalue weighted by Crippen LogP contribution is -2.02. The van der Waals surface area contributed by atoms with Crippen molar-refractivity contribution in [3.05, 3.63) is 0 Å². The molecule has 0 aromatic carbocycles. The smallest absolute Gasteiger partial charge is 0.159 e. The van der Waals surface area contributed by atoms with Crippen molar-refractivity contribution in [3.8, 4) is 0 Å². The molecule has 0 aliphatic rings. The molecule has 0 radical (unpaired) electrons. The maximum atomic E-state index is 8.43. The van der Waals surface area contributed by atoms with Gasteiger partial charge in [0.2, 0.25) is 0 Å². The highest BCUT2D eigenvalue weighted by Crippen LogP contribution is 1.83. The van der Waals surface area contributed by atoms with Crippen LogP contribution in [0.1, 0.15) is 6.92 Å². The van der Waals surface area contributed by atoms with Crippen LogP contribution < -0.4 is 0 Å². The van der Waals surface area contributed by atoms with Crippen molar-refractivity contribution < 1.29 is 9.90 Å². The largest absolute Gasteiger partial charge is 0.438 e. The van der Waals surface area contributed by atoms with Gasteiger partial charge in [-0.2, -0.15) is 0 Å². The Hall–Kier alpha value is 0.137. The van der Waals surface area contributed by atoms with Gasteiger partial charge in [-0.25, -0.2) is 0 Å². The Labute approximate surface area is 39.8 Å². The predicted molar refractivity (Wildman–Crippen MR) is 27.3 cm³/mol. The van der Waals surface area contributed by atoms with Crippen molar-refractivity contribution in [1.82, 2.24) is 0 Å². The zero-order valence-electron chi connectivity index (χ0n) is 3.89. The average Bonchev–Trinajstić information content (AvgIpc) is 1.35. The van der Waals surface area contributed by atoms with Crippen LogP contribution in [0, 0.1) is 0 Å². The minimum Gasteiger partial charge on any atom is -0.438 e. The Balaban J connectivity index is 2.63. The highest BCUT2D eigenvalue weighted by atomic mass is 28.2. The second kappa shape index (κ2) is 3.33. The van der Waals surface area contributed by atoms with E-state index in [1.165, 1.54) is 0 Å². The second-order valence-electron chi connectivity index (χ2n) is 1.36. The van der Waals surface area contributed by atoms with Crippen LogP contribution in [0.4, 0.5) is 0 Å². The number of aliphatic hydroxyl groups excluding tert-OH is 1. The van der Waals surface area contributed by atoms with Crippen molar-refractivity contribution in [2.24, 2.45) is 0 Å². The van der Waals surface area contributed by atoms with Crippen LogP contribution in [-0.2, 0) is 0 Å². The third-order valence-corrected chi connectivity index (χ3v) is 1.64. The summed E-state index contributed by atoms with van der Waals surface area (Å²) in [5, 5.41) is 8.43. The molecule has 1 atom stereocenters. The molecule has 0 heterocycles. The summed E-state index contributed by atoms with van der Waals surface area (Å²) >= 11 is 0. The molecule has 0 bridgehead atoms. The van der Waals surface area contributed by atoms with Gasteiger partial charge in [0.1, 0.15) is 0 Å². The molecule has 6 heavy (non-hydrogen) atoms. The molecule has 0 aromatic heterocycles. The summed E-state index contributed by atoms with van der Waals surface area (Å²) in [6.45, 7) is 1.68. The van der Waals surface area contributed by atoms with Crippen molar-refractivity contribution in [3.63, 3.8) is 0 Å². The zero-order valence-corrected chi connectivity index (χ0v) is 5.30. The SMILES string of the molecule is CC(O)C[SiH2]O. The van der Waals surface area contributed by atoms with Crippen LogP contribution in [-0.4, -0.2) is 25.8 Å². The van der Waals surface area contributed by atoms with Crippen molar-refractivity contribution >= 4 is 9.76 Å². The summed E-state index contributed by atoms with van der Waals surface area (Å²) in [5.74, 6) is 0. The zero-order chi connectivity index (χ0) is 4.99. The molecule has 0 aliphatic heterocycles. The van der Waals surface area contributed by atoms with Gasteiger partial charge in [0.15, 0.2) is 9.76 Å². The van der Waals surface area contributed by atoms with Crippen LogP contribution in [0.3, 0.4) is 0 Å². The number of aliphatic hydroxyl groups is 1. The summed E-state index contributed by atoms with van der Waals surface area (Å²) < 4.78 is 0. The van der Waals surface area contributed by atoms with Gasteiger partial charge in [-0.3, -0.25) is 0 Å². The molecule has 0 amide bonds. The lowest BCUT2D eigenvalue weighted by molar-refractivity contribution is 0.213. The second-order valence-corrected chi connectivity index (χ2v) is 2.39. The fourth-order valence-electron chi connectivity index (χ4n) is 0.187. The van der Waals surface area contributed by atoms with Gasteiger partial charge in [0.05, 0.1) is 6.10 Å². The Morgan fingerprint density at radius 1 is 1.83 bits per heavy atom. The lowest BCUT2D eigenvalue weighted by Gasteiger charge is -1.94. The Kier molecular flexibility index (Phi) is 3.41. The van der Waals surface area contributed by atoms with E-state index in [-0.39, 0.29) is 6.10 Å². The van der Waals surface area contributed by atoms with Gasteiger partial charge < -0.3 is 9.90 Å². The monoisotopic (exact) mass is 106 g/mol. The molecular weight excluding hydrogens is 96.1 g/mol. The van der Waals surface area contributed by atoms with E-state index in [0.29, 0.717) is 6.04 Å². The number of hydrogen-bond acceptors (Lipinski definition) is 2. The van der Waals surface area contributed by atoms with Crippen molar-refractivity contribution in [2.45, 2.75) is 19.1 Å². The molecule has 38 valence electrons. The van der Waals surface area contributed by atoms with E-state index in [9.17, 15) is 0 Å². The van der Waals surface area contributed by atoms with E-state index in [2.05, 4.69) is 0 Å². The summed E-state index contributed by atoms with van der Waals surface area (Å²) in [6, 6.07) is 0.625. The lowest BCUT2D eigenvalue weighted by atomic mass is 10.5. The van der Waals surface area contributed by atoms with Crippen LogP contribution in [0.2, 0.25) is 6.04 Å². The van der Waals surface area contributed by atoms with Gasteiger partial charge in [-0.1, -0.05) is 0 Å². The fourth-order valence-corrected chi connectivity index (χ4v) is 0.561. The van der Waals surface area contributed by atoms with Gasteiger partial charge >= 0.3 is 0 Å². The molecule has 0 rings (SSSR count). The van der Waals surface area contributed by atoms with Gasteiger partial charge in [-0.15, -0.1) is 0 Å². The molecule has 0 aromatic rings. The maximum Gasteiger partial charge on any atom is 0.159 e. The normalized spacial score (nSPS) is 16.5. The summed E-state index contributed by atoms with van der Waals surface area (Å²) in [6.07, 6.45) is -0.290. The van der Waals surface area contributed by atoms with Crippen molar-refractivity contribution in [2.75, 3.05) is 0 Å². The molecule has 3 heteroatoms. The van der Waals surface area contributed by atoms with Crippen LogP contribution in [0.15, 0.2) is 0 Å². The van der Waals surface area contributed by atoms with E-state index in [4.69, 9.17) is 9.90 Å². The van der Waals surface area contributed by atoms with Crippen LogP contribution in [0.5, 0.6) is 0 Å². The first-order valence-electron chi connectivity index (χ1n) is 2.06. The maximum absolute atomic E-state index is 8.43. The molecule has 1 unspecified atom stereocenters. The Morgan fingerprint density at radius 2 is 2.33 bits per heavy atom. The summed E-state index contributed by atoms with van der Waals surface area (Å²) in [4.78, 5) is 8.22. The minimum atomic E-state index is -0.883. The first-order valence-corrected chi connectivity index (χ1v) is 3.69. The predicted octanol–water partition coefficient (Wildman–Crippen LogP) is -1.14. The molecule has 0 saturated carbocycles. The van der Waals surface area contributed by atoms with Gasteiger partial charge in [0.25, 0.3) is 0 Å². The topological polar surface area (TPSA) is 40.5 Å². The highest BCUT2D eigenvalue weighted by Gasteiger charge is 1.89. The fraction of sp³-hybridized carbons (Fsp3) is 1.00. The Morgan fingerprint density at radius 3 is 2.33 bits per heavy atom. The Bertz CT molecular complexity index is 30.0. The first kappa shape index (κ1) is 6.14. The van der Waals surface area contributed by atoms with E-state index in [1.54, 1.807) is 6.92 Å². The molecule has 0 spiro atoms.